The van der Waals surface area contributed by atoms with Crippen LogP contribution >= 0.6 is 12.4 Å². The Morgan fingerprint density at radius 2 is 2.12 bits per heavy atom. The van der Waals surface area contributed by atoms with Crippen molar-refractivity contribution in [2.45, 2.75) is 12.8 Å². The Labute approximate surface area is 105 Å². The maximum atomic E-state index is 5.22. The largest absolute Gasteiger partial charge is 0.339 e. The van der Waals surface area contributed by atoms with Crippen molar-refractivity contribution in [1.29, 1.82) is 0 Å². The maximum absolute atomic E-state index is 5.22. The molecule has 90 valence electrons. The molecule has 0 aliphatic carbocycles. The summed E-state index contributed by atoms with van der Waals surface area (Å²) in [5, 5.41) is 7.13. The minimum absolute atomic E-state index is 0. The second kappa shape index (κ2) is 4.81. The number of hydrogen-bond donors (Lipinski definition) is 1. The number of nitrogens with one attached hydrogen (secondary N) is 1. The first-order valence-electron chi connectivity index (χ1n) is 5.31. The molecule has 0 atom stereocenters. The van der Waals surface area contributed by atoms with Gasteiger partial charge in [-0.2, -0.15) is 4.98 Å². The summed E-state index contributed by atoms with van der Waals surface area (Å²) in [6.45, 7) is 3.78. The van der Waals surface area contributed by atoms with E-state index in [1.165, 1.54) is 0 Å². The van der Waals surface area contributed by atoms with Gasteiger partial charge >= 0.3 is 0 Å². The van der Waals surface area contributed by atoms with Crippen LogP contribution in [0.25, 0.3) is 11.5 Å². The highest BCUT2D eigenvalue weighted by Crippen LogP contribution is 2.21. The van der Waals surface area contributed by atoms with Crippen LogP contribution in [0.15, 0.2) is 22.7 Å². The molecule has 0 spiro atoms. The van der Waals surface area contributed by atoms with E-state index in [4.69, 9.17) is 4.52 Å². The summed E-state index contributed by atoms with van der Waals surface area (Å²) < 4.78 is 5.22. The average molecular weight is 253 g/mol. The second-order valence-electron chi connectivity index (χ2n) is 3.98. The fraction of sp³-hybridized carbons (Fsp3) is 0.364. The van der Waals surface area contributed by atoms with Crippen molar-refractivity contribution in [3.8, 4) is 11.5 Å². The molecule has 2 aromatic heterocycles. The summed E-state index contributed by atoms with van der Waals surface area (Å²) in [6, 6.07) is 5.78. The molecular formula is C11H13ClN4O. The Morgan fingerprint density at radius 3 is 2.76 bits per heavy atom. The van der Waals surface area contributed by atoms with Crippen LogP contribution < -0.4 is 5.32 Å². The van der Waals surface area contributed by atoms with E-state index in [-0.39, 0.29) is 12.4 Å². The van der Waals surface area contributed by atoms with Crippen LogP contribution in [0.4, 0.5) is 0 Å². The molecule has 5 nitrogen and oxygen atoms in total. The molecule has 0 amide bonds. The Morgan fingerprint density at radius 1 is 1.29 bits per heavy atom. The smallest absolute Gasteiger partial charge is 0.232 e. The number of halogens is 1. The number of aromatic nitrogens is 3. The molecule has 17 heavy (non-hydrogen) atoms. The van der Waals surface area contributed by atoms with Gasteiger partial charge in [-0.05, 0) is 19.1 Å². The average Bonchev–Trinajstić information content (AvgIpc) is 2.64. The van der Waals surface area contributed by atoms with Gasteiger partial charge in [-0.25, -0.2) is 4.98 Å². The van der Waals surface area contributed by atoms with Gasteiger partial charge in [0.1, 0.15) is 5.69 Å². The lowest BCUT2D eigenvalue weighted by atomic mass is 10.0. The van der Waals surface area contributed by atoms with Crippen LogP contribution in [-0.2, 0) is 0 Å². The first kappa shape index (κ1) is 12.0. The van der Waals surface area contributed by atoms with Gasteiger partial charge in [0, 0.05) is 18.8 Å². The summed E-state index contributed by atoms with van der Waals surface area (Å²) >= 11 is 0. The first-order valence-corrected chi connectivity index (χ1v) is 5.31. The van der Waals surface area contributed by atoms with Crippen LogP contribution in [0, 0.1) is 6.92 Å². The molecule has 2 aromatic rings. The topological polar surface area (TPSA) is 63.8 Å². The van der Waals surface area contributed by atoms with Crippen molar-refractivity contribution in [2.24, 2.45) is 0 Å². The summed E-state index contributed by atoms with van der Waals surface area (Å²) in [4.78, 5) is 8.72. The van der Waals surface area contributed by atoms with Crippen molar-refractivity contribution in [1.82, 2.24) is 20.4 Å². The van der Waals surface area contributed by atoms with Gasteiger partial charge in [0.05, 0.1) is 5.92 Å². The molecule has 0 bridgehead atoms. The first-order chi connectivity index (χ1) is 7.83. The molecule has 1 N–H and O–H groups in total. The molecule has 6 heteroatoms. The molecule has 0 aromatic carbocycles. The number of hydrogen-bond acceptors (Lipinski definition) is 5. The third-order valence-electron chi connectivity index (χ3n) is 2.69. The maximum Gasteiger partial charge on any atom is 0.232 e. The van der Waals surface area contributed by atoms with Gasteiger partial charge < -0.3 is 9.84 Å². The molecule has 1 saturated heterocycles. The fourth-order valence-corrected chi connectivity index (χ4v) is 1.64. The molecule has 3 rings (SSSR count). The normalized spacial score (nSPS) is 15.1. The van der Waals surface area contributed by atoms with E-state index in [1.807, 2.05) is 25.1 Å². The van der Waals surface area contributed by atoms with Crippen LogP contribution in [0.1, 0.15) is 17.5 Å². The fourth-order valence-electron chi connectivity index (χ4n) is 1.64. The van der Waals surface area contributed by atoms with Crippen molar-refractivity contribution >= 4 is 12.4 Å². The van der Waals surface area contributed by atoms with Gasteiger partial charge in [-0.15, -0.1) is 12.4 Å². The van der Waals surface area contributed by atoms with E-state index >= 15 is 0 Å². The SMILES string of the molecule is Cc1cccc(-c2noc(C3CNC3)n2)n1.Cl. The predicted molar refractivity (Wildman–Crippen MR) is 65.1 cm³/mol. The van der Waals surface area contributed by atoms with Gasteiger partial charge in [-0.3, -0.25) is 0 Å². The lowest BCUT2D eigenvalue weighted by Crippen LogP contribution is -2.40. The molecule has 1 fully saturated rings. The van der Waals surface area contributed by atoms with Crippen LogP contribution in [0.2, 0.25) is 0 Å². The Bertz CT molecular complexity index is 510. The van der Waals surface area contributed by atoms with Crippen molar-refractivity contribution in [3.05, 3.63) is 29.8 Å². The molecule has 1 aliphatic rings. The van der Waals surface area contributed by atoms with Crippen LogP contribution in [-0.4, -0.2) is 28.2 Å². The molecule has 0 saturated carbocycles. The molecule has 0 radical (unpaired) electrons. The van der Waals surface area contributed by atoms with E-state index in [1.54, 1.807) is 0 Å². The third-order valence-corrected chi connectivity index (χ3v) is 2.69. The lowest BCUT2D eigenvalue weighted by molar-refractivity contribution is 0.308. The Kier molecular flexibility index (Phi) is 3.40. The Balaban J connectivity index is 0.00000108. The van der Waals surface area contributed by atoms with Gasteiger partial charge in [0.25, 0.3) is 0 Å². The second-order valence-corrected chi connectivity index (χ2v) is 3.98. The van der Waals surface area contributed by atoms with Crippen molar-refractivity contribution in [3.63, 3.8) is 0 Å². The lowest BCUT2D eigenvalue weighted by Gasteiger charge is -2.22. The Hall–Kier alpha value is -1.46. The minimum atomic E-state index is 0. The van der Waals surface area contributed by atoms with E-state index in [9.17, 15) is 0 Å². The number of pyridine rings is 1. The van der Waals surface area contributed by atoms with Crippen molar-refractivity contribution < 1.29 is 4.52 Å². The summed E-state index contributed by atoms with van der Waals surface area (Å²) in [5.74, 6) is 1.65. The number of nitrogens with zero attached hydrogens (tertiary/aromatic N) is 3. The van der Waals surface area contributed by atoms with E-state index < -0.39 is 0 Å². The number of rotatable bonds is 2. The highest BCUT2D eigenvalue weighted by Gasteiger charge is 2.25. The zero-order valence-electron chi connectivity index (χ0n) is 9.38. The number of aryl methyl sites for hydroxylation is 1. The van der Waals surface area contributed by atoms with Gasteiger partial charge in [0.2, 0.25) is 11.7 Å². The summed E-state index contributed by atoms with van der Waals surface area (Å²) in [6.07, 6.45) is 0. The van der Waals surface area contributed by atoms with E-state index in [0.29, 0.717) is 17.6 Å². The molecule has 0 unspecified atom stereocenters. The minimum Gasteiger partial charge on any atom is -0.339 e. The van der Waals surface area contributed by atoms with Crippen LogP contribution in [0.5, 0.6) is 0 Å². The zero-order chi connectivity index (χ0) is 11.0. The predicted octanol–water partition coefficient (Wildman–Crippen LogP) is 1.55. The summed E-state index contributed by atoms with van der Waals surface area (Å²) in [7, 11) is 0. The van der Waals surface area contributed by atoms with Crippen molar-refractivity contribution in [2.75, 3.05) is 13.1 Å². The zero-order valence-corrected chi connectivity index (χ0v) is 10.2. The standard InChI is InChI=1S/C11H12N4O.ClH/c1-7-3-2-4-9(13-7)10-14-11(16-15-10)8-5-12-6-8;/h2-4,8,12H,5-6H2,1H3;1H. The van der Waals surface area contributed by atoms with E-state index in [0.717, 1.165) is 24.5 Å². The van der Waals surface area contributed by atoms with E-state index in [2.05, 4.69) is 20.4 Å². The van der Waals surface area contributed by atoms with Gasteiger partial charge in [-0.1, -0.05) is 11.2 Å². The quantitative estimate of drug-likeness (QED) is 0.879. The molecule has 3 heterocycles. The highest BCUT2D eigenvalue weighted by molar-refractivity contribution is 5.85. The third kappa shape index (κ3) is 2.30. The monoisotopic (exact) mass is 252 g/mol. The molecular weight excluding hydrogens is 240 g/mol. The van der Waals surface area contributed by atoms with Gasteiger partial charge in [0.15, 0.2) is 0 Å². The summed E-state index contributed by atoms with van der Waals surface area (Å²) in [5.41, 5.74) is 1.72. The molecule has 1 aliphatic heterocycles. The van der Waals surface area contributed by atoms with Crippen LogP contribution in [0.3, 0.4) is 0 Å². The highest BCUT2D eigenvalue weighted by atomic mass is 35.5.